The van der Waals surface area contributed by atoms with Crippen LogP contribution in [0.1, 0.15) is 12.8 Å². The minimum absolute atomic E-state index is 0. The van der Waals surface area contributed by atoms with Gasteiger partial charge >= 0.3 is 0 Å². The number of hydrogen-bond acceptors (Lipinski definition) is 4. The van der Waals surface area contributed by atoms with Gasteiger partial charge < -0.3 is 15.2 Å². The van der Waals surface area contributed by atoms with Gasteiger partial charge in [-0.15, -0.1) is 0 Å². The van der Waals surface area contributed by atoms with E-state index in [2.05, 4.69) is 4.98 Å². The van der Waals surface area contributed by atoms with Crippen molar-refractivity contribution in [3.63, 3.8) is 0 Å². The zero-order valence-electron chi connectivity index (χ0n) is 8.48. The quantitative estimate of drug-likeness (QED) is 0.848. The van der Waals surface area contributed by atoms with Crippen LogP contribution in [0.3, 0.4) is 0 Å². The molecule has 1 aliphatic heterocycles. The molecule has 0 bridgehead atoms. The number of aromatic nitrogens is 1. The summed E-state index contributed by atoms with van der Waals surface area (Å²) in [6, 6.07) is 3.56. The highest BCUT2D eigenvalue weighted by Gasteiger charge is 2.16. The highest BCUT2D eigenvalue weighted by molar-refractivity contribution is 7.59. The first-order valence-electron chi connectivity index (χ1n) is 4.81. The van der Waals surface area contributed by atoms with E-state index >= 15 is 0 Å². The molecule has 0 aliphatic carbocycles. The lowest BCUT2D eigenvalue weighted by molar-refractivity contribution is 0.0666. The largest absolute Gasteiger partial charge is 0.473 e. The molecule has 0 aromatic carbocycles. The molecule has 1 aliphatic rings. The van der Waals surface area contributed by atoms with Crippen molar-refractivity contribution in [3.05, 3.63) is 18.3 Å². The number of ether oxygens (including phenoxy) is 2. The summed E-state index contributed by atoms with van der Waals surface area (Å²) in [6.45, 7) is 1.38. The van der Waals surface area contributed by atoms with Gasteiger partial charge in [-0.3, -0.25) is 0 Å². The van der Waals surface area contributed by atoms with Gasteiger partial charge in [-0.2, -0.15) is 13.5 Å². The molecule has 5 heteroatoms. The van der Waals surface area contributed by atoms with Crippen LogP contribution in [0.15, 0.2) is 18.3 Å². The first kappa shape index (κ1) is 12.1. The SMILES string of the molecule is Nc1cccnc1OC[C@@H]1CCCO1.S. The van der Waals surface area contributed by atoms with Gasteiger partial charge in [0.25, 0.3) is 0 Å². The van der Waals surface area contributed by atoms with Crippen LogP contribution in [-0.2, 0) is 4.74 Å². The summed E-state index contributed by atoms with van der Waals surface area (Å²) in [5, 5.41) is 0. The van der Waals surface area contributed by atoms with Gasteiger partial charge in [-0.1, -0.05) is 0 Å². The molecule has 0 spiro atoms. The average molecular weight is 228 g/mol. The molecular weight excluding hydrogens is 212 g/mol. The van der Waals surface area contributed by atoms with Crippen molar-refractivity contribution in [1.82, 2.24) is 4.98 Å². The Morgan fingerprint density at radius 2 is 2.47 bits per heavy atom. The highest BCUT2D eigenvalue weighted by Crippen LogP contribution is 2.18. The Hall–Kier alpha value is -0.940. The van der Waals surface area contributed by atoms with E-state index in [4.69, 9.17) is 15.2 Å². The molecule has 2 N–H and O–H groups in total. The number of nitrogens with zero attached hydrogens (tertiary/aromatic N) is 1. The predicted octanol–water partition coefficient (Wildman–Crippen LogP) is 1.33. The minimum Gasteiger partial charge on any atom is -0.473 e. The monoisotopic (exact) mass is 228 g/mol. The molecule has 84 valence electrons. The van der Waals surface area contributed by atoms with E-state index in [9.17, 15) is 0 Å². The van der Waals surface area contributed by atoms with Gasteiger partial charge in [0, 0.05) is 12.8 Å². The molecule has 0 radical (unpaired) electrons. The molecule has 1 saturated heterocycles. The van der Waals surface area contributed by atoms with E-state index in [1.807, 2.05) is 0 Å². The number of nitrogen functional groups attached to an aromatic ring is 1. The summed E-state index contributed by atoms with van der Waals surface area (Å²) in [7, 11) is 0. The molecule has 1 aromatic heterocycles. The van der Waals surface area contributed by atoms with E-state index in [0.717, 1.165) is 19.4 Å². The average Bonchev–Trinajstić information content (AvgIpc) is 2.69. The van der Waals surface area contributed by atoms with Crippen LogP contribution in [0, 0.1) is 0 Å². The lowest BCUT2D eigenvalue weighted by atomic mass is 10.2. The Morgan fingerprint density at radius 3 is 3.13 bits per heavy atom. The standard InChI is InChI=1S/C10H14N2O2.H2S/c11-9-4-1-5-12-10(9)14-7-8-3-2-6-13-8;/h1,4-5,8H,2-3,6-7,11H2;1H2/t8-;/m0./s1. The number of hydrogen-bond donors (Lipinski definition) is 1. The fourth-order valence-corrected chi connectivity index (χ4v) is 1.47. The summed E-state index contributed by atoms with van der Waals surface area (Å²) < 4.78 is 10.9. The third-order valence-electron chi connectivity index (χ3n) is 2.23. The van der Waals surface area contributed by atoms with Crippen LogP contribution in [0.2, 0.25) is 0 Å². The van der Waals surface area contributed by atoms with Crippen molar-refractivity contribution in [2.45, 2.75) is 18.9 Å². The molecule has 15 heavy (non-hydrogen) atoms. The summed E-state index contributed by atoms with van der Waals surface area (Å²) in [5.74, 6) is 0.503. The zero-order chi connectivity index (χ0) is 9.80. The van der Waals surface area contributed by atoms with Crippen molar-refractivity contribution in [2.75, 3.05) is 18.9 Å². The van der Waals surface area contributed by atoms with E-state index in [0.29, 0.717) is 18.2 Å². The molecule has 1 fully saturated rings. The zero-order valence-corrected chi connectivity index (χ0v) is 9.48. The second-order valence-electron chi connectivity index (χ2n) is 3.34. The first-order chi connectivity index (χ1) is 6.86. The second-order valence-corrected chi connectivity index (χ2v) is 3.34. The Balaban J connectivity index is 0.00000112. The van der Waals surface area contributed by atoms with Gasteiger partial charge in [-0.05, 0) is 25.0 Å². The Labute approximate surface area is 96.2 Å². The maximum Gasteiger partial charge on any atom is 0.237 e. The molecule has 4 nitrogen and oxygen atoms in total. The lowest BCUT2D eigenvalue weighted by Crippen LogP contribution is -2.17. The van der Waals surface area contributed by atoms with Gasteiger partial charge in [-0.25, -0.2) is 4.98 Å². The normalized spacial score (nSPS) is 19.6. The molecule has 0 amide bonds. The molecule has 0 unspecified atom stereocenters. The van der Waals surface area contributed by atoms with Crippen molar-refractivity contribution in [2.24, 2.45) is 0 Å². The molecule has 1 aromatic rings. The van der Waals surface area contributed by atoms with Gasteiger partial charge in [0.2, 0.25) is 5.88 Å². The molecule has 2 rings (SSSR count). The fraction of sp³-hybridized carbons (Fsp3) is 0.500. The van der Waals surface area contributed by atoms with Crippen LogP contribution in [0.5, 0.6) is 5.88 Å². The summed E-state index contributed by atoms with van der Waals surface area (Å²) in [6.07, 6.45) is 4.05. The number of pyridine rings is 1. The van der Waals surface area contributed by atoms with Crippen LogP contribution >= 0.6 is 13.5 Å². The first-order valence-corrected chi connectivity index (χ1v) is 4.81. The van der Waals surface area contributed by atoms with Gasteiger partial charge in [0.1, 0.15) is 6.61 Å². The van der Waals surface area contributed by atoms with Gasteiger partial charge in [0.15, 0.2) is 0 Å². The van der Waals surface area contributed by atoms with Crippen molar-refractivity contribution in [3.8, 4) is 5.88 Å². The van der Waals surface area contributed by atoms with Crippen LogP contribution in [-0.4, -0.2) is 24.3 Å². The lowest BCUT2D eigenvalue weighted by Gasteiger charge is -2.11. The summed E-state index contributed by atoms with van der Waals surface area (Å²) >= 11 is 0. The van der Waals surface area contributed by atoms with E-state index in [-0.39, 0.29) is 19.6 Å². The number of anilines is 1. The van der Waals surface area contributed by atoms with Crippen LogP contribution in [0.25, 0.3) is 0 Å². The van der Waals surface area contributed by atoms with Gasteiger partial charge in [0.05, 0.1) is 11.8 Å². The maximum absolute atomic E-state index is 5.68. The summed E-state index contributed by atoms with van der Waals surface area (Å²) in [4.78, 5) is 4.04. The number of rotatable bonds is 3. The predicted molar refractivity (Wildman–Crippen MR) is 63.5 cm³/mol. The molecule has 0 saturated carbocycles. The minimum atomic E-state index is 0. The van der Waals surface area contributed by atoms with Crippen molar-refractivity contribution in [1.29, 1.82) is 0 Å². The van der Waals surface area contributed by atoms with E-state index in [1.54, 1.807) is 18.3 Å². The molecular formula is C10H16N2O2S. The van der Waals surface area contributed by atoms with Crippen LogP contribution < -0.4 is 10.5 Å². The van der Waals surface area contributed by atoms with E-state index in [1.165, 1.54) is 0 Å². The third-order valence-corrected chi connectivity index (χ3v) is 2.23. The third kappa shape index (κ3) is 3.28. The second kappa shape index (κ2) is 5.82. The topological polar surface area (TPSA) is 57.4 Å². The van der Waals surface area contributed by atoms with Crippen LogP contribution in [0.4, 0.5) is 5.69 Å². The molecule has 2 heterocycles. The summed E-state index contributed by atoms with van der Waals surface area (Å²) in [5.41, 5.74) is 6.25. The van der Waals surface area contributed by atoms with Crippen molar-refractivity contribution >= 4 is 19.2 Å². The maximum atomic E-state index is 5.68. The number of nitrogens with two attached hydrogens (primary N) is 1. The Morgan fingerprint density at radius 1 is 1.60 bits per heavy atom. The smallest absolute Gasteiger partial charge is 0.237 e. The van der Waals surface area contributed by atoms with E-state index < -0.39 is 0 Å². The Kier molecular flexibility index (Phi) is 4.71. The fourth-order valence-electron chi connectivity index (χ4n) is 1.47. The highest BCUT2D eigenvalue weighted by atomic mass is 32.1. The van der Waals surface area contributed by atoms with Crippen molar-refractivity contribution < 1.29 is 9.47 Å². The molecule has 1 atom stereocenters. The Bertz CT molecular complexity index is 303.